The molecule has 98 valence electrons. The van der Waals surface area contributed by atoms with Gasteiger partial charge in [0.2, 0.25) is 0 Å². The summed E-state index contributed by atoms with van der Waals surface area (Å²) >= 11 is 0. The Bertz CT molecular complexity index is 561. The Kier molecular flexibility index (Phi) is 4.15. The molecule has 2 aromatic rings. The molecule has 0 aliphatic carbocycles. The van der Waals surface area contributed by atoms with Gasteiger partial charge < -0.3 is 14.9 Å². The highest BCUT2D eigenvalue weighted by atomic mass is 16.5. The number of benzene rings is 2. The van der Waals surface area contributed by atoms with E-state index in [1.807, 2.05) is 12.1 Å². The molecule has 0 unspecified atom stereocenters. The van der Waals surface area contributed by atoms with E-state index in [4.69, 9.17) is 14.9 Å². The smallest absolute Gasteiger partial charge is 0.339 e. The standard InChI is InChI=1S/C15H14O4/c16-10-9-11-5-7-12(8-6-11)19-14-4-2-1-3-13(14)15(17)18/h1-8,16H,9-10H2,(H,17,18). The van der Waals surface area contributed by atoms with Crippen molar-refractivity contribution in [2.75, 3.05) is 6.61 Å². The first kappa shape index (κ1) is 13.1. The van der Waals surface area contributed by atoms with Crippen LogP contribution in [0.5, 0.6) is 11.5 Å². The molecule has 0 spiro atoms. The van der Waals surface area contributed by atoms with Crippen molar-refractivity contribution in [1.82, 2.24) is 0 Å². The molecule has 19 heavy (non-hydrogen) atoms. The molecule has 0 aliphatic heterocycles. The summed E-state index contributed by atoms with van der Waals surface area (Å²) in [5.41, 5.74) is 1.13. The lowest BCUT2D eigenvalue weighted by molar-refractivity contribution is 0.0694. The monoisotopic (exact) mass is 258 g/mol. The highest BCUT2D eigenvalue weighted by Crippen LogP contribution is 2.25. The van der Waals surface area contributed by atoms with Gasteiger partial charge in [0.15, 0.2) is 0 Å². The minimum Gasteiger partial charge on any atom is -0.478 e. The maximum absolute atomic E-state index is 11.0. The van der Waals surface area contributed by atoms with Crippen LogP contribution >= 0.6 is 0 Å². The van der Waals surface area contributed by atoms with Crippen LogP contribution in [-0.4, -0.2) is 22.8 Å². The van der Waals surface area contributed by atoms with Crippen LogP contribution in [0.3, 0.4) is 0 Å². The maximum Gasteiger partial charge on any atom is 0.339 e. The van der Waals surface area contributed by atoms with E-state index in [9.17, 15) is 4.79 Å². The van der Waals surface area contributed by atoms with Gasteiger partial charge in [-0.15, -0.1) is 0 Å². The zero-order valence-corrected chi connectivity index (χ0v) is 10.2. The Hall–Kier alpha value is -2.33. The molecule has 0 heterocycles. The van der Waals surface area contributed by atoms with Gasteiger partial charge in [0.1, 0.15) is 17.1 Å². The fourth-order valence-electron chi connectivity index (χ4n) is 1.71. The molecule has 0 radical (unpaired) electrons. The average molecular weight is 258 g/mol. The van der Waals surface area contributed by atoms with E-state index in [0.717, 1.165) is 5.56 Å². The molecule has 0 amide bonds. The third-order valence-electron chi connectivity index (χ3n) is 2.67. The molecule has 0 saturated carbocycles. The topological polar surface area (TPSA) is 66.8 Å². The van der Waals surface area contributed by atoms with Crippen LogP contribution < -0.4 is 4.74 Å². The summed E-state index contributed by atoms with van der Waals surface area (Å²) in [4.78, 5) is 11.0. The van der Waals surface area contributed by atoms with Crippen LogP contribution in [0.4, 0.5) is 0 Å². The molecular weight excluding hydrogens is 244 g/mol. The summed E-state index contributed by atoms with van der Waals surface area (Å²) in [7, 11) is 0. The quantitative estimate of drug-likeness (QED) is 0.865. The summed E-state index contributed by atoms with van der Waals surface area (Å²) in [5.74, 6) is -0.146. The summed E-state index contributed by atoms with van der Waals surface area (Å²) < 4.78 is 5.56. The summed E-state index contributed by atoms with van der Waals surface area (Å²) in [6.07, 6.45) is 0.589. The number of aromatic carboxylic acids is 1. The fourth-order valence-corrected chi connectivity index (χ4v) is 1.71. The first-order valence-corrected chi connectivity index (χ1v) is 5.90. The van der Waals surface area contributed by atoms with Gasteiger partial charge >= 0.3 is 5.97 Å². The summed E-state index contributed by atoms with van der Waals surface area (Å²) in [6, 6.07) is 13.7. The number of carboxylic acid groups (broad SMARTS) is 1. The molecule has 0 saturated heterocycles. The number of hydrogen-bond donors (Lipinski definition) is 2. The van der Waals surface area contributed by atoms with Gasteiger partial charge in [-0.2, -0.15) is 0 Å². The Morgan fingerprint density at radius 1 is 1.05 bits per heavy atom. The van der Waals surface area contributed by atoms with Crippen LogP contribution in [0, 0.1) is 0 Å². The zero-order valence-electron chi connectivity index (χ0n) is 10.2. The van der Waals surface area contributed by atoms with Crippen LogP contribution in [0.2, 0.25) is 0 Å². The molecule has 4 heteroatoms. The minimum atomic E-state index is -1.02. The summed E-state index contributed by atoms with van der Waals surface area (Å²) in [5, 5.41) is 17.9. The zero-order chi connectivity index (χ0) is 13.7. The largest absolute Gasteiger partial charge is 0.478 e. The van der Waals surface area contributed by atoms with Gasteiger partial charge in [0.25, 0.3) is 0 Å². The second-order valence-electron chi connectivity index (χ2n) is 4.02. The normalized spacial score (nSPS) is 10.2. The molecular formula is C15H14O4. The third-order valence-corrected chi connectivity index (χ3v) is 2.67. The number of para-hydroxylation sites is 1. The molecule has 0 aromatic heterocycles. The van der Waals surface area contributed by atoms with E-state index in [0.29, 0.717) is 17.9 Å². The number of carboxylic acids is 1. The van der Waals surface area contributed by atoms with Crippen LogP contribution in [0.25, 0.3) is 0 Å². The van der Waals surface area contributed by atoms with Crippen LogP contribution in [0.15, 0.2) is 48.5 Å². The Balaban J connectivity index is 2.19. The van der Waals surface area contributed by atoms with E-state index < -0.39 is 5.97 Å². The minimum absolute atomic E-state index is 0.0993. The molecule has 2 rings (SSSR count). The van der Waals surface area contributed by atoms with Crippen molar-refractivity contribution < 1.29 is 19.7 Å². The lowest BCUT2D eigenvalue weighted by Gasteiger charge is -2.09. The van der Waals surface area contributed by atoms with Gasteiger partial charge in [0, 0.05) is 6.61 Å². The van der Waals surface area contributed by atoms with Gasteiger partial charge in [-0.25, -0.2) is 4.79 Å². The fraction of sp³-hybridized carbons (Fsp3) is 0.133. The van der Waals surface area contributed by atoms with Crippen molar-refractivity contribution >= 4 is 5.97 Å². The van der Waals surface area contributed by atoms with E-state index in [1.165, 1.54) is 6.07 Å². The number of rotatable bonds is 5. The maximum atomic E-state index is 11.0. The Morgan fingerprint density at radius 3 is 2.37 bits per heavy atom. The van der Waals surface area contributed by atoms with Crippen molar-refractivity contribution in [3.8, 4) is 11.5 Å². The van der Waals surface area contributed by atoms with E-state index in [1.54, 1.807) is 30.3 Å². The molecule has 0 aliphatic rings. The first-order valence-electron chi connectivity index (χ1n) is 5.90. The number of aliphatic hydroxyl groups excluding tert-OH is 1. The predicted octanol–water partition coefficient (Wildman–Crippen LogP) is 2.71. The molecule has 2 aromatic carbocycles. The average Bonchev–Trinajstić information content (AvgIpc) is 2.42. The van der Waals surface area contributed by atoms with Crippen molar-refractivity contribution in [3.63, 3.8) is 0 Å². The van der Waals surface area contributed by atoms with Gasteiger partial charge in [-0.05, 0) is 36.2 Å². The first-order chi connectivity index (χ1) is 9.20. The lowest BCUT2D eigenvalue weighted by atomic mass is 10.1. The molecule has 0 atom stereocenters. The van der Waals surface area contributed by atoms with E-state index in [-0.39, 0.29) is 12.2 Å². The number of aliphatic hydroxyl groups is 1. The molecule has 2 N–H and O–H groups in total. The van der Waals surface area contributed by atoms with Gasteiger partial charge in [-0.1, -0.05) is 24.3 Å². The third kappa shape index (κ3) is 3.33. The lowest BCUT2D eigenvalue weighted by Crippen LogP contribution is -1.99. The highest BCUT2D eigenvalue weighted by Gasteiger charge is 2.10. The Labute approximate surface area is 110 Å². The van der Waals surface area contributed by atoms with Crippen molar-refractivity contribution in [3.05, 3.63) is 59.7 Å². The van der Waals surface area contributed by atoms with Gasteiger partial charge in [0.05, 0.1) is 0 Å². The predicted molar refractivity (Wildman–Crippen MR) is 70.7 cm³/mol. The van der Waals surface area contributed by atoms with Crippen molar-refractivity contribution in [1.29, 1.82) is 0 Å². The van der Waals surface area contributed by atoms with E-state index in [2.05, 4.69) is 0 Å². The number of ether oxygens (including phenoxy) is 1. The summed E-state index contributed by atoms with van der Waals surface area (Å²) in [6.45, 7) is 0.0993. The van der Waals surface area contributed by atoms with Crippen LogP contribution in [0.1, 0.15) is 15.9 Å². The highest BCUT2D eigenvalue weighted by molar-refractivity contribution is 5.90. The van der Waals surface area contributed by atoms with Crippen molar-refractivity contribution in [2.24, 2.45) is 0 Å². The SMILES string of the molecule is O=C(O)c1ccccc1Oc1ccc(CCO)cc1. The Morgan fingerprint density at radius 2 is 1.74 bits per heavy atom. The number of hydrogen-bond acceptors (Lipinski definition) is 3. The van der Waals surface area contributed by atoms with E-state index >= 15 is 0 Å². The van der Waals surface area contributed by atoms with Crippen molar-refractivity contribution in [2.45, 2.75) is 6.42 Å². The van der Waals surface area contributed by atoms with Crippen LogP contribution in [-0.2, 0) is 6.42 Å². The molecule has 0 fully saturated rings. The second kappa shape index (κ2) is 6.02. The van der Waals surface area contributed by atoms with Gasteiger partial charge in [-0.3, -0.25) is 0 Å². The molecule has 0 bridgehead atoms. The molecule has 4 nitrogen and oxygen atoms in total. The second-order valence-corrected chi connectivity index (χ2v) is 4.02. The number of carbonyl (C=O) groups is 1.